The van der Waals surface area contributed by atoms with Crippen LogP contribution in [0.3, 0.4) is 0 Å². The van der Waals surface area contributed by atoms with E-state index < -0.39 is 11.5 Å². The molecule has 55 heavy (non-hydrogen) atoms. The first kappa shape index (κ1) is 43.1. The van der Waals surface area contributed by atoms with Crippen molar-refractivity contribution in [2.45, 2.75) is 98.3 Å². The fourth-order valence-corrected chi connectivity index (χ4v) is 6.40. The molecule has 0 bridgehead atoms. The highest BCUT2D eigenvalue weighted by atomic mass is 16.5. The molecule has 0 saturated carbocycles. The number of ether oxygens (including phenoxy) is 3. The van der Waals surface area contributed by atoms with Crippen LogP contribution in [0.5, 0.6) is 0 Å². The third-order valence-corrected chi connectivity index (χ3v) is 9.04. The molecule has 3 aromatic rings. The largest absolute Gasteiger partial charge is 0.448 e. The van der Waals surface area contributed by atoms with Crippen molar-refractivity contribution < 1.29 is 33.4 Å². The Hall–Kier alpha value is -4.66. The summed E-state index contributed by atoms with van der Waals surface area (Å²) in [4.78, 5) is 53.8. The summed E-state index contributed by atoms with van der Waals surface area (Å²) in [5, 5.41) is 18.1. The smallest absolute Gasteiger partial charge is 0.407 e. The number of anilines is 1. The fourth-order valence-electron chi connectivity index (χ4n) is 6.40. The number of ketones is 1. The van der Waals surface area contributed by atoms with Gasteiger partial charge in [-0.15, -0.1) is 5.10 Å². The molecule has 0 spiro atoms. The number of methoxy groups -OCH3 is 1. The summed E-state index contributed by atoms with van der Waals surface area (Å²) in [6.45, 7) is 14.6. The molecule has 14 nitrogen and oxygen atoms in total. The molecular formula is C41H59N7O7. The number of hydrogen-bond acceptors (Lipinski definition) is 10. The van der Waals surface area contributed by atoms with Crippen LogP contribution in [-0.2, 0) is 41.7 Å². The second-order valence-corrected chi connectivity index (χ2v) is 15.7. The highest BCUT2D eigenvalue weighted by Crippen LogP contribution is 2.41. The number of nitrogens with one attached hydrogen (secondary N) is 3. The van der Waals surface area contributed by atoms with Crippen molar-refractivity contribution in [3.63, 3.8) is 0 Å². The Labute approximate surface area is 325 Å². The molecule has 1 unspecified atom stereocenters. The first-order chi connectivity index (χ1) is 26.2. The van der Waals surface area contributed by atoms with Crippen LogP contribution in [0.2, 0.25) is 0 Å². The maximum absolute atomic E-state index is 13.8. The van der Waals surface area contributed by atoms with Crippen molar-refractivity contribution in [3.8, 4) is 22.5 Å². The van der Waals surface area contributed by atoms with Crippen molar-refractivity contribution in [2.24, 2.45) is 5.41 Å². The van der Waals surface area contributed by atoms with Crippen molar-refractivity contribution in [3.05, 3.63) is 54.1 Å². The zero-order valence-corrected chi connectivity index (χ0v) is 33.5. The number of unbranched alkanes of at least 4 members (excludes halogenated alkanes) is 1. The molecule has 1 atom stereocenters. The molecule has 0 fully saturated rings. The number of Topliss-reactive ketones (excluding diaryl/α,β-unsaturated/α-hetero) is 1. The van der Waals surface area contributed by atoms with Crippen LogP contribution in [0.4, 0.5) is 10.5 Å². The lowest BCUT2D eigenvalue weighted by Crippen LogP contribution is -2.50. The van der Waals surface area contributed by atoms with E-state index in [0.29, 0.717) is 62.8 Å². The first-order valence-electron chi connectivity index (χ1n) is 19.2. The highest BCUT2D eigenvalue weighted by molar-refractivity contribution is 6.01. The van der Waals surface area contributed by atoms with Gasteiger partial charge in [-0.3, -0.25) is 14.4 Å². The number of hydrogen-bond donors (Lipinski definition) is 3. The standard InChI is InChI=1S/C41H59N7O7/c1-40(2,3)38(51)32(44-41(4,5)6)17-12-13-21-43-39(52)55-25-23-48-37-31-16-10-11-18-33(31)47(28-29-14-8-9-15-30(29)36(37)45-46-48)35(50)20-19-34(49)42-22-24-54-27-26-53-7/h8-11,14-16,18,32,44H,12-13,17,19-28H2,1-7H3,(H,42,49)(H,43,52). The van der Waals surface area contributed by atoms with Gasteiger partial charge >= 0.3 is 6.09 Å². The number of aromatic nitrogens is 3. The van der Waals surface area contributed by atoms with Crippen LogP contribution < -0.4 is 20.9 Å². The minimum atomic E-state index is -0.539. The van der Waals surface area contributed by atoms with E-state index in [1.54, 1.807) is 16.7 Å². The van der Waals surface area contributed by atoms with Gasteiger partial charge in [0.25, 0.3) is 0 Å². The number of benzene rings is 2. The van der Waals surface area contributed by atoms with E-state index in [1.165, 1.54) is 0 Å². The Morgan fingerprint density at radius 3 is 2.29 bits per heavy atom. The van der Waals surface area contributed by atoms with E-state index >= 15 is 0 Å². The number of rotatable bonds is 19. The van der Waals surface area contributed by atoms with Crippen molar-refractivity contribution in [1.82, 2.24) is 30.9 Å². The first-order valence-corrected chi connectivity index (χ1v) is 19.2. The summed E-state index contributed by atoms with van der Waals surface area (Å²) in [6, 6.07) is 15.0. The predicted octanol–water partition coefficient (Wildman–Crippen LogP) is 5.29. The summed E-state index contributed by atoms with van der Waals surface area (Å²) in [5.41, 5.74) is 3.85. The van der Waals surface area contributed by atoms with E-state index in [2.05, 4.69) is 47.0 Å². The Bertz CT molecular complexity index is 1740. The Morgan fingerprint density at radius 1 is 0.836 bits per heavy atom. The second kappa shape index (κ2) is 20.3. The molecule has 2 heterocycles. The third kappa shape index (κ3) is 13.0. The Kier molecular flexibility index (Phi) is 15.9. The molecule has 2 aromatic carbocycles. The number of para-hydroxylation sites is 1. The Morgan fingerprint density at radius 2 is 1.56 bits per heavy atom. The minimum absolute atomic E-state index is 0.0175. The van der Waals surface area contributed by atoms with Crippen LogP contribution in [0, 0.1) is 5.41 Å². The summed E-state index contributed by atoms with van der Waals surface area (Å²) < 4.78 is 17.6. The van der Waals surface area contributed by atoms with Crippen molar-refractivity contribution in [2.75, 3.05) is 51.5 Å². The van der Waals surface area contributed by atoms with Crippen molar-refractivity contribution in [1.29, 1.82) is 0 Å². The molecule has 1 aliphatic rings. The number of alkyl carbamates (subject to hydrolysis) is 1. The van der Waals surface area contributed by atoms with E-state index in [1.807, 2.05) is 69.3 Å². The SMILES string of the molecule is COCCOCCNC(=O)CCC(=O)N1Cc2ccccc2-c2nnn(CCOC(=O)NCCCCC(NC(C)(C)C)C(=O)C(C)(C)C)c2-c2ccccc21. The summed E-state index contributed by atoms with van der Waals surface area (Å²) in [7, 11) is 1.60. The van der Waals surface area contributed by atoms with Crippen LogP contribution in [-0.4, -0.2) is 96.9 Å². The molecule has 3 N–H and O–H groups in total. The quantitative estimate of drug-likeness (QED) is 0.137. The van der Waals surface area contributed by atoms with Gasteiger partial charge in [0, 0.05) is 55.1 Å². The Balaban J connectivity index is 1.38. The number of carbonyl (C=O) groups excluding carboxylic acids is 4. The molecule has 4 rings (SSSR count). The zero-order chi connectivity index (χ0) is 40.0. The second-order valence-electron chi connectivity index (χ2n) is 15.7. The molecule has 1 aliphatic heterocycles. The molecule has 14 heteroatoms. The van der Waals surface area contributed by atoms with Crippen molar-refractivity contribution >= 4 is 29.4 Å². The maximum atomic E-state index is 13.8. The topological polar surface area (TPSA) is 166 Å². The molecule has 0 saturated heterocycles. The number of amides is 3. The van der Waals surface area contributed by atoms with Gasteiger partial charge in [-0.25, -0.2) is 9.48 Å². The maximum Gasteiger partial charge on any atom is 0.407 e. The monoisotopic (exact) mass is 761 g/mol. The molecule has 0 radical (unpaired) electrons. The van der Waals surface area contributed by atoms with Crippen LogP contribution in [0.25, 0.3) is 22.5 Å². The molecule has 3 amide bonds. The average molecular weight is 762 g/mol. The van der Waals surface area contributed by atoms with Gasteiger partial charge in [0.15, 0.2) is 5.78 Å². The lowest BCUT2D eigenvalue weighted by Gasteiger charge is -2.31. The van der Waals surface area contributed by atoms with Crippen LogP contribution in [0.15, 0.2) is 48.5 Å². The summed E-state index contributed by atoms with van der Waals surface area (Å²) in [5.74, 6) is -0.246. The van der Waals surface area contributed by atoms with Gasteiger partial charge in [-0.1, -0.05) is 68.4 Å². The van der Waals surface area contributed by atoms with Gasteiger partial charge in [0.2, 0.25) is 11.8 Å². The van der Waals surface area contributed by atoms with Crippen LogP contribution >= 0.6 is 0 Å². The summed E-state index contributed by atoms with van der Waals surface area (Å²) >= 11 is 0. The van der Waals surface area contributed by atoms with Crippen LogP contribution in [0.1, 0.15) is 79.2 Å². The van der Waals surface area contributed by atoms with Gasteiger partial charge in [0.05, 0.1) is 50.3 Å². The lowest BCUT2D eigenvalue weighted by atomic mass is 9.84. The minimum Gasteiger partial charge on any atom is -0.448 e. The molecular weight excluding hydrogens is 702 g/mol. The number of fused-ring (bicyclic) bond motifs is 5. The van der Waals surface area contributed by atoms with Gasteiger partial charge in [0.1, 0.15) is 12.3 Å². The number of carbonyl (C=O) groups is 4. The fraction of sp³-hybridized carbons (Fsp3) is 0.561. The molecule has 300 valence electrons. The molecule has 0 aliphatic carbocycles. The highest BCUT2D eigenvalue weighted by Gasteiger charge is 2.32. The zero-order valence-electron chi connectivity index (χ0n) is 33.5. The number of nitrogens with zero attached hydrogens (tertiary/aromatic N) is 4. The predicted molar refractivity (Wildman–Crippen MR) is 211 cm³/mol. The van der Waals surface area contributed by atoms with E-state index in [9.17, 15) is 19.2 Å². The van der Waals surface area contributed by atoms with E-state index in [4.69, 9.17) is 14.2 Å². The average Bonchev–Trinajstić information content (AvgIpc) is 3.54. The lowest BCUT2D eigenvalue weighted by molar-refractivity contribution is -0.129. The van der Waals surface area contributed by atoms with Gasteiger partial charge in [-0.2, -0.15) is 0 Å². The normalized spacial score (nSPS) is 13.1. The van der Waals surface area contributed by atoms with Gasteiger partial charge < -0.3 is 35.1 Å². The van der Waals surface area contributed by atoms with E-state index in [0.717, 1.165) is 23.1 Å². The summed E-state index contributed by atoms with van der Waals surface area (Å²) in [6.07, 6.45) is 1.65. The third-order valence-electron chi connectivity index (χ3n) is 9.04. The van der Waals surface area contributed by atoms with Gasteiger partial charge in [-0.05, 0) is 51.7 Å². The molecule has 1 aromatic heterocycles. The van der Waals surface area contributed by atoms with E-state index in [-0.39, 0.29) is 61.7 Å².